The molecule has 0 unspecified atom stereocenters. The molecule has 0 aromatic heterocycles. The van der Waals surface area contributed by atoms with Crippen molar-refractivity contribution >= 4 is 11.8 Å². The summed E-state index contributed by atoms with van der Waals surface area (Å²) in [7, 11) is 0. The number of hydrogen-bond donors (Lipinski definition) is 1. The summed E-state index contributed by atoms with van der Waals surface area (Å²) < 4.78 is 0. The third-order valence-corrected chi connectivity index (χ3v) is 5.00. The first-order chi connectivity index (χ1) is 8.85. The number of hydrogen-bond acceptors (Lipinski definition) is 2. The van der Waals surface area contributed by atoms with Gasteiger partial charge < -0.3 is 5.32 Å². The molecule has 1 aliphatic rings. The van der Waals surface area contributed by atoms with Crippen LogP contribution in [0.4, 0.5) is 0 Å². The van der Waals surface area contributed by atoms with Crippen molar-refractivity contribution in [2.45, 2.75) is 43.9 Å². The van der Waals surface area contributed by atoms with Crippen LogP contribution in [0.5, 0.6) is 0 Å². The van der Waals surface area contributed by atoms with Crippen LogP contribution in [0, 0.1) is 5.41 Å². The second kappa shape index (κ2) is 7.20. The molecule has 0 aliphatic heterocycles. The van der Waals surface area contributed by atoms with E-state index in [-0.39, 0.29) is 0 Å². The molecule has 1 fully saturated rings. The van der Waals surface area contributed by atoms with Crippen molar-refractivity contribution in [3.05, 3.63) is 30.3 Å². The fourth-order valence-electron chi connectivity index (χ4n) is 2.62. The van der Waals surface area contributed by atoms with Gasteiger partial charge in [0.05, 0.1) is 0 Å². The summed E-state index contributed by atoms with van der Waals surface area (Å²) in [5.41, 5.74) is 0.622. The van der Waals surface area contributed by atoms with E-state index < -0.39 is 0 Å². The van der Waals surface area contributed by atoms with Crippen LogP contribution < -0.4 is 5.32 Å². The Morgan fingerprint density at radius 1 is 1.22 bits per heavy atom. The smallest absolute Gasteiger partial charge is 0.00719 e. The van der Waals surface area contributed by atoms with Gasteiger partial charge in [-0.1, -0.05) is 31.5 Å². The van der Waals surface area contributed by atoms with Crippen molar-refractivity contribution in [1.29, 1.82) is 0 Å². The van der Waals surface area contributed by atoms with Crippen molar-refractivity contribution < 1.29 is 0 Å². The minimum absolute atomic E-state index is 0.622. The normalized spacial score (nSPS) is 17.4. The van der Waals surface area contributed by atoms with Crippen LogP contribution in [0.1, 0.15) is 39.0 Å². The zero-order chi connectivity index (χ0) is 12.7. The minimum atomic E-state index is 0.622. The maximum Gasteiger partial charge on any atom is 0.00719 e. The zero-order valence-corrected chi connectivity index (χ0v) is 12.3. The Bertz CT molecular complexity index is 332. The molecule has 18 heavy (non-hydrogen) atoms. The predicted octanol–water partition coefficient (Wildman–Crippen LogP) is 4.34. The van der Waals surface area contributed by atoms with Gasteiger partial charge in [-0.05, 0) is 55.5 Å². The maximum absolute atomic E-state index is 3.62. The van der Waals surface area contributed by atoms with E-state index in [0.29, 0.717) is 5.41 Å². The third-order valence-electron chi connectivity index (χ3n) is 3.99. The van der Waals surface area contributed by atoms with Crippen LogP contribution >= 0.6 is 11.8 Å². The highest BCUT2D eigenvalue weighted by molar-refractivity contribution is 7.99. The SMILES string of the molecule is CCCNCC1(CCSc2ccccc2)CCC1. The van der Waals surface area contributed by atoms with Crippen LogP contribution in [0.2, 0.25) is 0 Å². The molecule has 100 valence electrons. The fourth-order valence-corrected chi connectivity index (χ4v) is 3.74. The van der Waals surface area contributed by atoms with E-state index in [4.69, 9.17) is 0 Å². The van der Waals surface area contributed by atoms with E-state index in [1.54, 1.807) is 0 Å². The van der Waals surface area contributed by atoms with Gasteiger partial charge in [0, 0.05) is 11.4 Å². The molecule has 1 aliphatic carbocycles. The number of nitrogens with one attached hydrogen (secondary N) is 1. The van der Waals surface area contributed by atoms with Gasteiger partial charge in [-0.15, -0.1) is 11.8 Å². The first-order valence-corrected chi connectivity index (χ1v) is 8.22. The number of benzene rings is 1. The molecular weight excluding hydrogens is 238 g/mol. The Kier molecular flexibility index (Phi) is 5.58. The van der Waals surface area contributed by atoms with Gasteiger partial charge in [0.1, 0.15) is 0 Å². The van der Waals surface area contributed by atoms with Crippen molar-refractivity contribution in [3.63, 3.8) is 0 Å². The molecule has 1 aromatic rings. The molecule has 1 aromatic carbocycles. The van der Waals surface area contributed by atoms with Crippen LogP contribution in [-0.4, -0.2) is 18.8 Å². The molecular formula is C16H25NS. The summed E-state index contributed by atoms with van der Waals surface area (Å²) in [6, 6.07) is 10.8. The summed E-state index contributed by atoms with van der Waals surface area (Å²) >= 11 is 2.01. The molecule has 1 nitrogen and oxygen atoms in total. The molecule has 2 rings (SSSR count). The van der Waals surface area contributed by atoms with Gasteiger partial charge in [-0.25, -0.2) is 0 Å². The Morgan fingerprint density at radius 3 is 2.61 bits per heavy atom. The summed E-state index contributed by atoms with van der Waals surface area (Å²) in [6.45, 7) is 4.65. The Hall–Kier alpha value is -0.470. The summed E-state index contributed by atoms with van der Waals surface area (Å²) in [4.78, 5) is 1.41. The van der Waals surface area contributed by atoms with E-state index in [9.17, 15) is 0 Å². The molecule has 0 radical (unpaired) electrons. The first-order valence-electron chi connectivity index (χ1n) is 7.23. The molecule has 0 heterocycles. The predicted molar refractivity (Wildman–Crippen MR) is 81.2 cm³/mol. The highest BCUT2D eigenvalue weighted by atomic mass is 32.2. The molecule has 0 amide bonds. The fraction of sp³-hybridized carbons (Fsp3) is 0.625. The van der Waals surface area contributed by atoms with Crippen molar-refractivity contribution in [1.82, 2.24) is 5.32 Å². The average Bonchev–Trinajstić information content (AvgIpc) is 2.36. The molecule has 1 saturated carbocycles. The summed E-state index contributed by atoms with van der Waals surface area (Å²) in [6.07, 6.45) is 6.90. The second-order valence-corrected chi connectivity index (χ2v) is 6.61. The molecule has 1 N–H and O–H groups in total. The lowest BCUT2D eigenvalue weighted by Gasteiger charge is -2.42. The number of thioether (sulfide) groups is 1. The zero-order valence-electron chi connectivity index (χ0n) is 11.5. The van der Waals surface area contributed by atoms with E-state index in [0.717, 1.165) is 0 Å². The first kappa shape index (κ1) is 14.0. The van der Waals surface area contributed by atoms with E-state index >= 15 is 0 Å². The maximum atomic E-state index is 3.62. The Morgan fingerprint density at radius 2 is 2.00 bits per heavy atom. The summed E-state index contributed by atoms with van der Waals surface area (Å²) in [5.74, 6) is 1.26. The van der Waals surface area contributed by atoms with Gasteiger partial charge in [0.25, 0.3) is 0 Å². The van der Waals surface area contributed by atoms with Crippen LogP contribution in [0.25, 0.3) is 0 Å². The van der Waals surface area contributed by atoms with Crippen LogP contribution in [0.15, 0.2) is 35.2 Å². The lowest BCUT2D eigenvalue weighted by molar-refractivity contribution is 0.126. The van der Waals surface area contributed by atoms with E-state index in [2.05, 4.69) is 42.6 Å². The quantitative estimate of drug-likeness (QED) is 0.553. The molecule has 0 bridgehead atoms. The topological polar surface area (TPSA) is 12.0 Å². The van der Waals surface area contributed by atoms with Gasteiger partial charge >= 0.3 is 0 Å². The van der Waals surface area contributed by atoms with Crippen molar-refractivity contribution in [2.24, 2.45) is 5.41 Å². The lowest BCUT2D eigenvalue weighted by atomic mass is 9.67. The molecule has 0 spiro atoms. The minimum Gasteiger partial charge on any atom is -0.316 e. The van der Waals surface area contributed by atoms with Crippen LogP contribution in [-0.2, 0) is 0 Å². The largest absolute Gasteiger partial charge is 0.316 e. The Labute approximate surface area is 116 Å². The average molecular weight is 263 g/mol. The summed E-state index contributed by atoms with van der Waals surface area (Å²) in [5, 5.41) is 3.62. The third kappa shape index (κ3) is 4.03. The highest BCUT2D eigenvalue weighted by Crippen LogP contribution is 2.44. The van der Waals surface area contributed by atoms with Crippen LogP contribution in [0.3, 0.4) is 0 Å². The van der Waals surface area contributed by atoms with Gasteiger partial charge in [0.15, 0.2) is 0 Å². The van der Waals surface area contributed by atoms with Gasteiger partial charge in [-0.3, -0.25) is 0 Å². The Balaban J connectivity index is 1.70. The van der Waals surface area contributed by atoms with Crippen molar-refractivity contribution in [2.75, 3.05) is 18.8 Å². The second-order valence-electron chi connectivity index (χ2n) is 5.44. The van der Waals surface area contributed by atoms with E-state index in [1.165, 1.54) is 55.8 Å². The van der Waals surface area contributed by atoms with Gasteiger partial charge in [-0.2, -0.15) is 0 Å². The van der Waals surface area contributed by atoms with E-state index in [1.807, 2.05) is 11.8 Å². The lowest BCUT2D eigenvalue weighted by Crippen LogP contribution is -2.40. The highest BCUT2D eigenvalue weighted by Gasteiger charge is 2.35. The number of rotatable bonds is 8. The van der Waals surface area contributed by atoms with Gasteiger partial charge in [0.2, 0.25) is 0 Å². The standard InChI is InChI=1S/C16H25NS/c1-2-12-17-14-16(9-6-10-16)11-13-18-15-7-4-3-5-8-15/h3-5,7-8,17H,2,6,9-14H2,1H3. The molecule has 2 heteroatoms. The molecule has 0 saturated heterocycles. The molecule has 0 atom stereocenters. The monoisotopic (exact) mass is 263 g/mol. The van der Waals surface area contributed by atoms with Crippen molar-refractivity contribution in [3.8, 4) is 0 Å².